The normalized spacial score (nSPS) is 14.3. The average molecular weight is 512 g/mol. The molecule has 0 aliphatic carbocycles. The van der Waals surface area contributed by atoms with Crippen LogP contribution in [0.25, 0.3) is 17.4 Å². The predicted molar refractivity (Wildman–Crippen MR) is 146 cm³/mol. The molecule has 0 saturated heterocycles. The monoisotopic (exact) mass is 511 g/mol. The van der Waals surface area contributed by atoms with Gasteiger partial charge in [0.2, 0.25) is 5.96 Å². The quantitative estimate of drug-likeness (QED) is 0.290. The molecule has 186 valence electrons. The summed E-state index contributed by atoms with van der Waals surface area (Å²) in [4.78, 5) is 18.8. The first-order valence-corrected chi connectivity index (χ1v) is 12.3. The Hall–Kier alpha value is -4.29. The number of guanidine groups is 1. The van der Waals surface area contributed by atoms with E-state index >= 15 is 0 Å². The van der Waals surface area contributed by atoms with Gasteiger partial charge in [0.25, 0.3) is 5.91 Å². The number of nitrogens with two attached hydrogens (primary N) is 1. The minimum Gasteiger partial charge on any atom is -0.495 e. The zero-order chi connectivity index (χ0) is 25.8. The number of nitrogens with zero attached hydrogens (tertiary/aromatic N) is 2. The first-order chi connectivity index (χ1) is 18.0. The Morgan fingerprint density at radius 2 is 1.65 bits per heavy atom. The highest BCUT2D eigenvalue weighted by atomic mass is 35.5. The van der Waals surface area contributed by atoms with Gasteiger partial charge in [0.05, 0.1) is 18.7 Å². The Kier molecular flexibility index (Phi) is 7.10. The van der Waals surface area contributed by atoms with Crippen molar-refractivity contribution in [1.82, 2.24) is 4.90 Å². The Bertz CT molecular complexity index is 1470. The van der Waals surface area contributed by atoms with Gasteiger partial charge >= 0.3 is 0 Å². The standard InChI is InChI=1S/C30H26ClN3O3/c1-36-28-15-13-23(17-25(28)31)27-16-14-24(37-27)18-26-29(35)34(30(32)33-26)19-22-11-9-21(10-12-22)8-7-20-5-3-2-4-6-20/h2-6,9-18H,7-8,19H2,1H3,(H2,32,33). The number of amides is 1. The number of carbonyl (C=O) groups is 1. The van der Waals surface area contributed by atoms with Crippen LogP contribution >= 0.6 is 11.6 Å². The SMILES string of the molecule is COc1ccc(-c2ccc(C=C3N=C(N)N(Cc4ccc(CCc5ccccc5)cc4)C3=O)o2)cc1Cl. The van der Waals surface area contributed by atoms with Gasteiger partial charge in [0, 0.05) is 11.6 Å². The smallest absolute Gasteiger partial charge is 0.279 e. The van der Waals surface area contributed by atoms with E-state index in [9.17, 15) is 4.79 Å². The van der Waals surface area contributed by atoms with E-state index in [1.54, 1.807) is 31.4 Å². The van der Waals surface area contributed by atoms with Crippen molar-refractivity contribution in [3.8, 4) is 17.1 Å². The molecule has 0 spiro atoms. The van der Waals surface area contributed by atoms with Crippen molar-refractivity contribution >= 4 is 29.5 Å². The molecule has 1 aliphatic heterocycles. The molecule has 1 amide bonds. The highest BCUT2D eigenvalue weighted by Gasteiger charge is 2.28. The molecular formula is C30H26ClN3O3. The van der Waals surface area contributed by atoms with Crippen LogP contribution in [-0.2, 0) is 24.2 Å². The van der Waals surface area contributed by atoms with Gasteiger partial charge in [-0.1, -0.05) is 66.2 Å². The van der Waals surface area contributed by atoms with Crippen LogP contribution in [0.15, 0.2) is 100 Å². The molecule has 5 rings (SSSR count). The van der Waals surface area contributed by atoms with Crippen molar-refractivity contribution in [2.24, 2.45) is 10.7 Å². The maximum atomic E-state index is 13.0. The summed E-state index contributed by atoms with van der Waals surface area (Å²) in [5.74, 6) is 1.59. The second kappa shape index (κ2) is 10.8. The van der Waals surface area contributed by atoms with Gasteiger partial charge in [-0.2, -0.15) is 0 Å². The van der Waals surface area contributed by atoms with Crippen molar-refractivity contribution in [2.45, 2.75) is 19.4 Å². The van der Waals surface area contributed by atoms with Gasteiger partial charge in [-0.05, 0) is 59.9 Å². The van der Waals surface area contributed by atoms with Gasteiger partial charge in [-0.25, -0.2) is 4.99 Å². The van der Waals surface area contributed by atoms with Crippen molar-refractivity contribution in [2.75, 3.05) is 7.11 Å². The molecule has 0 atom stereocenters. The lowest BCUT2D eigenvalue weighted by molar-refractivity contribution is -0.123. The van der Waals surface area contributed by atoms with Crippen LogP contribution in [0.3, 0.4) is 0 Å². The first kappa shape index (κ1) is 24.4. The molecule has 0 unspecified atom stereocenters. The molecule has 0 radical (unpaired) electrons. The molecule has 1 aromatic heterocycles. The summed E-state index contributed by atoms with van der Waals surface area (Å²) in [6.45, 7) is 0.345. The molecule has 1 aliphatic rings. The number of rotatable bonds is 8. The lowest BCUT2D eigenvalue weighted by Gasteiger charge is -2.15. The summed E-state index contributed by atoms with van der Waals surface area (Å²) < 4.78 is 11.1. The van der Waals surface area contributed by atoms with E-state index in [2.05, 4.69) is 41.4 Å². The van der Waals surface area contributed by atoms with E-state index in [-0.39, 0.29) is 17.6 Å². The van der Waals surface area contributed by atoms with E-state index in [0.29, 0.717) is 28.8 Å². The Balaban J connectivity index is 1.23. The highest BCUT2D eigenvalue weighted by Crippen LogP contribution is 2.31. The largest absolute Gasteiger partial charge is 0.495 e. The van der Waals surface area contributed by atoms with Gasteiger partial charge in [-0.3, -0.25) is 9.69 Å². The number of aryl methyl sites for hydroxylation is 2. The molecule has 0 bridgehead atoms. The van der Waals surface area contributed by atoms with E-state index in [1.165, 1.54) is 16.0 Å². The van der Waals surface area contributed by atoms with Gasteiger partial charge in [0.1, 0.15) is 23.0 Å². The second-order valence-electron chi connectivity index (χ2n) is 8.74. The maximum Gasteiger partial charge on any atom is 0.279 e. The van der Waals surface area contributed by atoms with Crippen molar-refractivity contribution in [3.05, 3.63) is 118 Å². The number of methoxy groups -OCH3 is 1. The summed E-state index contributed by atoms with van der Waals surface area (Å²) in [7, 11) is 1.56. The fourth-order valence-corrected chi connectivity index (χ4v) is 4.45. The molecule has 3 aromatic carbocycles. The highest BCUT2D eigenvalue weighted by molar-refractivity contribution is 6.32. The molecule has 0 fully saturated rings. The average Bonchev–Trinajstić information content (AvgIpc) is 3.49. The van der Waals surface area contributed by atoms with Crippen molar-refractivity contribution in [3.63, 3.8) is 0 Å². The lowest BCUT2D eigenvalue weighted by Crippen LogP contribution is -2.36. The maximum absolute atomic E-state index is 13.0. The van der Waals surface area contributed by atoms with Crippen LogP contribution in [0, 0.1) is 0 Å². The topological polar surface area (TPSA) is 81.1 Å². The minimum absolute atomic E-state index is 0.165. The summed E-state index contributed by atoms with van der Waals surface area (Å²) in [6, 6.07) is 27.6. The lowest BCUT2D eigenvalue weighted by atomic mass is 10.0. The third kappa shape index (κ3) is 5.60. The molecule has 6 nitrogen and oxygen atoms in total. The second-order valence-corrected chi connectivity index (χ2v) is 9.15. The van der Waals surface area contributed by atoms with Gasteiger partial charge in [0.15, 0.2) is 0 Å². The van der Waals surface area contributed by atoms with Crippen LogP contribution in [-0.4, -0.2) is 23.9 Å². The molecule has 2 heterocycles. The van der Waals surface area contributed by atoms with Crippen LogP contribution < -0.4 is 10.5 Å². The number of benzene rings is 3. The Labute approximate surface area is 220 Å². The fourth-order valence-electron chi connectivity index (χ4n) is 4.19. The first-order valence-electron chi connectivity index (χ1n) is 11.9. The summed E-state index contributed by atoms with van der Waals surface area (Å²) in [5, 5.41) is 0.486. The molecular weight excluding hydrogens is 486 g/mol. The summed E-state index contributed by atoms with van der Waals surface area (Å²) >= 11 is 6.23. The van der Waals surface area contributed by atoms with E-state index < -0.39 is 0 Å². The van der Waals surface area contributed by atoms with Crippen molar-refractivity contribution < 1.29 is 13.9 Å². The van der Waals surface area contributed by atoms with Crippen molar-refractivity contribution in [1.29, 1.82) is 0 Å². The van der Waals surface area contributed by atoms with E-state index in [4.69, 9.17) is 26.5 Å². The molecule has 7 heteroatoms. The molecule has 4 aromatic rings. The van der Waals surface area contributed by atoms with Gasteiger partial charge in [-0.15, -0.1) is 0 Å². The Morgan fingerprint density at radius 3 is 2.35 bits per heavy atom. The third-order valence-corrected chi connectivity index (χ3v) is 6.52. The number of halogens is 1. The fraction of sp³-hybridized carbons (Fsp3) is 0.133. The molecule has 2 N–H and O–H groups in total. The number of ether oxygens (including phenoxy) is 1. The number of aliphatic imine (C=N–C) groups is 1. The van der Waals surface area contributed by atoms with Gasteiger partial charge < -0.3 is 14.9 Å². The van der Waals surface area contributed by atoms with E-state index in [1.807, 2.05) is 30.3 Å². The zero-order valence-electron chi connectivity index (χ0n) is 20.4. The third-order valence-electron chi connectivity index (χ3n) is 6.23. The molecule has 37 heavy (non-hydrogen) atoms. The number of furan rings is 1. The number of hydrogen-bond donors (Lipinski definition) is 1. The predicted octanol–water partition coefficient (Wildman–Crippen LogP) is 6.09. The van der Waals surface area contributed by atoms with Crippen LogP contribution in [0.1, 0.15) is 22.5 Å². The summed E-state index contributed by atoms with van der Waals surface area (Å²) in [5.41, 5.74) is 10.7. The van der Waals surface area contributed by atoms with Crippen LogP contribution in [0.2, 0.25) is 5.02 Å². The van der Waals surface area contributed by atoms with Crippen LogP contribution in [0.5, 0.6) is 5.75 Å². The summed E-state index contributed by atoms with van der Waals surface area (Å²) in [6.07, 6.45) is 3.53. The number of carbonyl (C=O) groups excluding carboxylic acids is 1. The molecule has 0 saturated carbocycles. The van der Waals surface area contributed by atoms with E-state index in [0.717, 1.165) is 24.0 Å². The Morgan fingerprint density at radius 1 is 0.946 bits per heavy atom. The zero-order valence-corrected chi connectivity index (χ0v) is 21.1. The minimum atomic E-state index is -0.268. The van der Waals surface area contributed by atoms with Crippen LogP contribution in [0.4, 0.5) is 0 Å². The number of hydrogen-bond acceptors (Lipinski definition) is 5.